The average Bonchev–Trinajstić information content (AvgIpc) is 3.17. The summed E-state index contributed by atoms with van der Waals surface area (Å²) < 4.78 is 0. The number of rotatable bonds is 5. The molecule has 2 nitrogen and oxygen atoms in total. The van der Waals surface area contributed by atoms with Crippen LogP contribution in [-0.2, 0) is 0 Å². The van der Waals surface area contributed by atoms with Crippen molar-refractivity contribution >= 4 is 0 Å². The van der Waals surface area contributed by atoms with Crippen LogP contribution in [0.15, 0.2) is 0 Å². The summed E-state index contributed by atoms with van der Waals surface area (Å²) in [7, 11) is 0. The van der Waals surface area contributed by atoms with Crippen LogP contribution in [0.3, 0.4) is 0 Å². The van der Waals surface area contributed by atoms with E-state index in [9.17, 15) is 0 Å². The van der Waals surface area contributed by atoms with Gasteiger partial charge in [-0.05, 0) is 62.8 Å². The van der Waals surface area contributed by atoms with Crippen molar-refractivity contribution in [2.45, 2.75) is 64.0 Å². The van der Waals surface area contributed by atoms with E-state index in [1.807, 2.05) is 0 Å². The molecule has 3 unspecified atom stereocenters. The van der Waals surface area contributed by atoms with E-state index < -0.39 is 0 Å². The fourth-order valence-electron chi connectivity index (χ4n) is 3.65. The van der Waals surface area contributed by atoms with Gasteiger partial charge >= 0.3 is 0 Å². The topological polar surface area (TPSA) is 29.3 Å². The van der Waals surface area contributed by atoms with Gasteiger partial charge in [-0.25, -0.2) is 0 Å². The monoisotopic (exact) mass is 236 g/mol. The summed E-state index contributed by atoms with van der Waals surface area (Å²) in [5, 5.41) is 0. The molecule has 3 aliphatic carbocycles. The lowest BCUT2D eigenvalue weighted by atomic mass is 9.78. The van der Waals surface area contributed by atoms with Crippen LogP contribution in [0, 0.1) is 17.8 Å². The van der Waals surface area contributed by atoms with Gasteiger partial charge in [0.05, 0.1) is 0 Å². The van der Waals surface area contributed by atoms with Gasteiger partial charge in [0.1, 0.15) is 0 Å². The maximum absolute atomic E-state index is 6.02. The second-order valence-corrected chi connectivity index (χ2v) is 6.85. The molecule has 0 heterocycles. The van der Waals surface area contributed by atoms with Crippen molar-refractivity contribution in [2.75, 3.05) is 13.1 Å². The Morgan fingerprint density at radius 2 is 1.82 bits per heavy atom. The molecular formula is C15H28N2. The number of hydrogen-bond acceptors (Lipinski definition) is 2. The molecule has 0 amide bonds. The molecule has 3 aliphatic rings. The Kier molecular flexibility index (Phi) is 3.45. The highest BCUT2D eigenvalue weighted by Gasteiger charge is 2.41. The van der Waals surface area contributed by atoms with Crippen molar-refractivity contribution in [3.63, 3.8) is 0 Å². The van der Waals surface area contributed by atoms with Gasteiger partial charge in [0.15, 0.2) is 0 Å². The lowest BCUT2D eigenvalue weighted by molar-refractivity contribution is 0.0748. The molecule has 0 aromatic carbocycles. The second-order valence-electron chi connectivity index (χ2n) is 6.85. The van der Waals surface area contributed by atoms with E-state index in [2.05, 4.69) is 11.8 Å². The lowest BCUT2D eigenvalue weighted by Gasteiger charge is -2.42. The quantitative estimate of drug-likeness (QED) is 0.795. The van der Waals surface area contributed by atoms with Crippen LogP contribution < -0.4 is 5.73 Å². The van der Waals surface area contributed by atoms with Crippen molar-refractivity contribution in [1.82, 2.24) is 4.90 Å². The van der Waals surface area contributed by atoms with Gasteiger partial charge in [-0.2, -0.15) is 0 Å². The molecule has 0 aromatic rings. The first-order chi connectivity index (χ1) is 8.28. The van der Waals surface area contributed by atoms with Gasteiger partial charge < -0.3 is 5.73 Å². The molecule has 3 rings (SSSR count). The summed E-state index contributed by atoms with van der Waals surface area (Å²) in [6.45, 7) is 4.73. The highest BCUT2D eigenvalue weighted by atomic mass is 15.2. The Morgan fingerprint density at radius 3 is 2.41 bits per heavy atom. The van der Waals surface area contributed by atoms with Gasteiger partial charge in [0.2, 0.25) is 0 Å². The first kappa shape index (κ1) is 12.0. The van der Waals surface area contributed by atoms with E-state index >= 15 is 0 Å². The Hall–Kier alpha value is -0.0800. The van der Waals surface area contributed by atoms with Crippen LogP contribution in [-0.4, -0.2) is 30.1 Å². The number of nitrogens with two attached hydrogens (primary N) is 1. The molecule has 98 valence electrons. The van der Waals surface area contributed by atoms with E-state index in [0.29, 0.717) is 0 Å². The molecule has 0 radical (unpaired) electrons. The van der Waals surface area contributed by atoms with E-state index in [0.717, 1.165) is 36.4 Å². The highest BCUT2D eigenvalue weighted by molar-refractivity contribution is 4.96. The zero-order valence-corrected chi connectivity index (χ0v) is 11.3. The fraction of sp³-hybridized carbons (Fsp3) is 1.00. The first-order valence-corrected chi connectivity index (χ1v) is 7.73. The number of nitrogens with zero attached hydrogens (tertiary/aromatic N) is 1. The Bertz CT molecular complexity index is 258. The molecule has 3 saturated carbocycles. The van der Waals surface area contributed by atoms with E-state index in [-0.39, 0.29) is 0 Å². The SMILES string of the molecule is CC1CCC(CN)C(N(CC2CC2)C2CC2)C1. The zero-order valence-electron chi connectivity index (χ0n) is 11.3. The molecule has 0 aliphatic heterocycles. The molecule has 0 spiro atoms. The third-order valence-corrected chi connectivity index (χ3v) is 5.13. The summed E-state index contributed by atoms with van der Waals surface area (Å²) >= 11 is 0. The van der Waals surface area contributed by atoms with E-state index in [4.69, 9.17) is 5.73 Å². The lowest BCUT2D eigenvalue weighted by Crippen LogP contribution is -2.48. The molecule has 2 N–H and O–H groups in total. The second kappa shape index (κ2) is 4.89. The van der Waals surface area contributed by atoms with Crippen molar-refractivity contribution < 1.29 is 0 Å². The average molecular weight is 236 g/mol. The van der Waals surface area contributed by atoms with Gasteiger partial charge in [0, 0.05) is 18.6 Å². The maximum atomic E-state index is 6.02. The number of hydrogen-bond donors (Lipinski definition) is 1. The Labute approximate surface area is 106 Å². The molecule has 0 bridgehead atoms. The van der Waals surface area contributed by atoms with Crippen LogP contribution in [0.1, 0.15) is 51.9 Å². The maximum Gasteiger partial charge on any atom is 0.0141 e. The molecule has 0 saturated heterocycles. The minimum absolute atomic E-state index is 0.783. The van der Waals surface area contributed by atoms with Crippen molar-refractivity contribution in [2.24, 2.45) is 23.5 Å². The summed E-state index contributed by atoms with van der Waals surface area (Å²) in [6, 6.07) is 1.75. The summed E-state index contributed by atoms with van der Waals surface area (Å²) in [6.07, 6.45) is 10.1. The fourth-order valence-corrected chi connectivity index (χ4v) is 3.65. The predicted molar refractivity (Wildman–Crippen MR) is 71.8 cm³/mol. The van der Waals surface area contributed by atoms with E-state index in [1.54, 1.807) is 0 Å². The minimum Gasteiger partial charge on any atom is -0.330 e. The van der Waals surface area contributed by atoms with Gasteiger partial charge in [-0.3, -0.25) is 4.90 Å². The predicted octanol–water partition coefficient (Wildman–Crippen LogP) is 2.62. The summed E-state index contributed by atoms with van der Waals surface area (Å²) in [5.41, 5.74) is 6.02. The normalized spacial score (nSPS) is 38.6. The third kappa shape index (κ3) is 2.85. The largest absolute Gasteiger partial charge is 0.330 e. The van der Waals surface area contributed by atoms with Gasteiger partial charge in [-0.15, -0.1) is 0 Å². The van der Waals surface area contributed by atoms with Crippen LogP contribution in [0.5, 0.6) is 0 Å². The molecule has 17 heavy (non-hydrogen) atoms. The highest BCUT2D eigenvalue weighted by Crippen LogP contribution is 2.41. The van der Waals surface area contributed by atoms with Crippen LogP contribution in [0.2, 0.25) is 0 Å². The molecule has 0 aromatic heterocycles. The molecular weight excluding hydrogens is 208 g/mol. The van der Waals surface area contributed by atoms with Crippen LogP contribution in [0.25, 0.3) is 0 Å². The van der Waals surface area contributed by atoms with Crippen molar-refractivity contribution in [3.05, 3.63) is 0 Å². The van der Waals surface area contributed by atoms with E-state index in [1.165, 1.54) is 51.5 Å². The smallest absolute Gasteiger partial charge is 0.0141 e. The van der Waals surface area contributed by atoms with Crippen LogP contribution >= 0.6 is 0 Å². The Balaban J connectivity index is 1.67. The van der Waals surface area contributed by atoms with Crippen LogP contribution in [0.4, 0.5) is 0 Å². The van der Waals surface area contributed by atoms with Crippen molar-refractivity contribution in [1.29, 1.82) is 0 Å². The first-order valence-electron chi connectivity index (χ1n) is 7.73. The van der Waals surface area contributed by atoms with Gasteiger partial charge in [-0.1, -0.05) is 13.3 Å². The third-order valence-electron chi connectivity index (χ3n) is 5.13. The molecule has 2 heteroatoms. The van der Waals surface area contributed by atoms with Gasteiger partial charge in [0.25, 0.3) is 0 Å². The standard InChI is InChI=1S/C15H28N2/c1-11-2-5-13(9-16)15(8-11)17(14-6-7-14)10-12-3-4-12/h11-15H,2-10,16H2,1H3. The van der Waals surface area contributed by atoms with Crippen molar-refractivity contribution in [3.8, 4) is 0 Å². The molecule has 3 fully saturated rings. The molecule has 3 atom stereocenters. The summed E-state index contributed by atoms with van der Waals surface area (Å²) in [5.74, 6) is 2.74. The Morgan fingerprint density at radius 1 is 1.06 bits per heavy atom. The zero-order chi connectivity index (χ0) is 11.8. The minimum atomic E-state index is 0.783. The summed E-state index contributed by atoms with van der Waals surface area (Å²) in [4.78, 5) is 2.88.